The van der Waals surface area contributed by atoms with Gasteiger partial charge in [-0.25, -0.2) is 8.42 Å². The third-order valence-electron chi connectivity index (χ3n) is 4.92. The van der Waals surface area contributed by atoms with Crippen LogP contribution in [0.1, 0.15) is 45.4 Å². The monoisotopic (exact) mass is 329 g/mol. The topological polar surface area (TPSA) is 104 Å². The maximum atomic E-state index is 12.5. The summed E-state index contributed by atoms with van der Waals surface area (Å²) in [6, 6.07) is -0.275. The second kappa shape index (κ2) is 5.49. The summed E-state index contributed by atoms with van der Waals surface area (Å²) in [5, 5.41) is 5.46. The molecule has 0 aromatic rings. The summed E-state index contributed by atoms with van der Waals surface area (Å²) in [5.41, 5.74) is -1.04. The fourth-order valence-electron chi connectivity index (χ4n) is 3.21. The molecule has 8 heteroatoms. The number of carbonyl (C=O) groups excluding carboxylic acids is 2. The minimum absolute atomic E-state index is 0.00672. The Balaban J connectivity index is 1.68. The zero-order valence-electron chi connectivity index (χ0n) is 12.7. The van der Waals surface area contributed by atoms with Crippen molar-refractivity contribution in [2.75, 3.05) is 6.54 Å². The first-order valence-corrected chi connectivity index (χ1v) is 9.55. The van der Waals surface area contributed by atoms with Crippen molar-refractivity contribution >= 4 is 21.8 Å². The zero-order valence-corrected chi connectivity index (χ0v) is 13.5. The molecule has 2 aliphatic carbocycles. The van der Waals surface area contributed by atoms with E-state index in [0.29, 0.717) is 19.3 Å². The van der Waals surface area contributed by atoms with E-state index in [1.165, 1.54) is 0 Å². The van der Waals surface area contributed by atoms with Crippen LogP contribution in [0.15, 0.2) is 0 Å². The Morgan fingerprint density at radius 1 is 1.27 bits per heavy atom. The molecule has 0 unspecified atom stereocenters. The van der Waals surface area contributed by atoms with Crippen molar-refractivity contribution in [3.63, 3.8) is 0 Å². The molecule has 2 amide bonds. The van der Waals surface area contributed by atoms with E-state index < -0.39 is 26.7 Å². The van der Waals surface area contributed by atoms with E-state index in [2.05, 4.69) is 15.4 Å². The van der Waals surface area contributed by atoms with Crippen LogP contribution in [-0.4, -0.2) is 43.6 Å². The van der Waals surface area contributed by atoms with Crippen molar-refractivity contribution in [1.82, 2.24) is 15.4 Å². The lowest BCUT2D eigenvalue weighted by Crippen LogP contribution is -2.55. The van der Waals surface area contributed by atoms with E-state index in [0.717, 1.165) is 25.8 Å². The molecule has 0 aromatic heterocycles. The fraction of sp³-hybridized carbons (Fsp3) is 0.857. The largest absolute Gasteiger partial charge is 0.340 e. The molecule has 3 aliphatic rings. The number of hydrogen-bond acceptors (Lipinski definition) is 5. The molecule has 1 aliphatic heterocycles. The molecule has 0 spiro atoms. The van der Waals surface area contributed by atoms with Gasteiger partial charge < -0.3 is 10.6 Å². The van der Waals surface area contributed by atoms with Gasteiger partial charge in [-0.15, -0.1) is 0 Å². The van der Waals surface area contributed by atoms with E-state index in [1.807, 2.05) is 6.92 Å². The lowest BCUT2D eigenvalue weighted by atomic mass is 10.1. The molecule has 22 heavy (non-hydrogen) atoms. The van der Waals surface area contributed by atoms with Gasteiger partial charge in [-0.2, -0.15) is 0 Å². The van der Waals surface area contributed by atoms with E-state index in [1.54, 1.807) is 0 Å². The Morgan fingerprint density at radius 2 is 2.00 bits per heavy atom. The molecule has 124 valence electrons. The SMILES string of the molecule is CC[C@@H]1C[C@]1(NC(=O)[C@@H]1CCCN1)C(=O)NS(=O)(=O)C1CC1. The number of carbonyl (C=O) groups is 2. The van der Waals surface area contributed by atoms with Crippen LogP contribution in [0.4, 0.5) is 0 Å². The van der Waals surface area contributed by atoms with Crippen LogP contribution in [0.2, 0.25) is 0 Å². The van der Waals surface area contributed by atoms with Crippen LogP contribution in [0.5, 0.6) is 0 Å². The van der Waals surface area contributed by atoms with E-state index in [9.17, 15) is 18.0 Å². The normalized spacial score (nSPS) is 34.2. The highest BCUT2D eigenvalue weighted by Crippen LogP contribution is 2.46. The fourth-order valence-corrected chi connectivity index (χ4v) is 4.57. The Kier molecular flexibility index (Phi) is 3.92. The summed E-state index contributed by atoms with van der Waals surface area (Å²) in [6.07, 6.45) is 4.13. The van der Waals surface area contributed by atoms with Crippen molar-refractivity contribution < 1.29 is 18.0 Å². The number of amides is 2. The van der Waals surface area contributed by atoms with Gasteiger partial charge in [0.15, 0.2) is 0 Å². The summed E-state index contributed by atoms with van der Waals surface area (Å²) in [6.45, 7) is 2.74. The maximum absolute atomic E-state index is 12.5. The van der Waals surface area contributed by atoms with Crippen molar-refractivity contribution in [2.45, 2.75) is 62.3 Å². The van der Waals surface area contributed by atoms with Gasteiger partial charge in [-0.1, -0.05) is 13.3 Å². The number of rotatable bonds is 6. The average Bonchev–Trinajstić information content (AvgIpc) is 3.36. The second-order valence-corrected chi connectivity index (χ2v) is 8.56. The Hall–Kier alpha value is -1.15. The predicted octanol–water partition coefficient (Wildman–Crippen LogP) is -0.368. The molecular weight excluding hydrogens is 306 g/mol. The summed E-state index contributed by atoms with van der Waals surface area (Å²) in [4.78, 5) is 24.7. The van der Waals surface area contributed by atoms with Gasteiger partial charge in [-0.3, -0.25) is 14.3 Å². The molecule has 3 atom stereocenters. The lowest BCUT2D eigenvalue weighted by molar-refractivity contribution is -0.130. The van der Waals surface area contributed by atoms with Gasteiger partial charge in [-0.05, 0) is 44.6 Å². The summed E-state index contributed by atoms with van der Waals surface area (Å²) >= 11 is 0. The van der Waals surface area contributed by atoms with Gasteiger partial charge in [0.05, 0.1) is 11.3 Å². The van der Waals surface area contributed by atoms with Gasteiger partial charge >= 0.3 is 0 Å². The van der Waals surface area contributed by atoms with Crippen molar-refractivity contribution in [2.24, 2.45) is 5.92 Å². The van der Waals surface area contributed by atoms with Crippen molar-refractivity contribution in [3.8, 4) is 0 Å². The second-order valence-electron chi connectivity index (χ2n) is 6.59. The first kappa shape index (κ1) is 15.7. The number of hydrogen-bond donors (Lipinski definition) is 3. The summed E-state index contributed by atoms with van der Waals surface area (Å²) in [7, 11) is -3.58. The Bertz CT molecular complexity index is 581. The summed E-state index contributed by atoms with van der Waals surface area (Å²) < 4.78 is 26.1. The highest BCUT2D eigenvalue weighted by molar-refractivity contribution is 7.90. The molecule has 0 bridgehead atoms. The average molecular weight is 329 g/mol. The first-order chi connectivity index (χ1) is 10.4. The van der Waals surface area contributed by atoms with E-state index in [4.69, 9.17) is 0 Å². The molecule has 2 saturated carbocycles. The highest BCUT2D eigenvalue weighted by atomic mass is 32.2. The number of nitrogens with one attached hydrogen (secondary N) is 3. The quantitative estimate of drug-likeness (QED) is 0.617. The summed E-state index contributed by atoms with van der Waals surface area (Å²) in [5.74, 6) is -0.766. The van der Waals surface area contributed by atoms with Crippen molar-refractivity contribution in [3.05, 3.63) is 0 Å². The molecule has 0 aromatic carbocycles. The van der Waals surface area contributed by atoms with Crippen LogP contribution in [0.25, 0.3) is 0 Å². The smallest absolute Gasteiger partial charge is 0.259 e. The molecule has 3 rings (SSSR count). The molecule has 3 fully saturated rings. The molecular formula is C14H23N3O4S. The van der Waals surface area contributed by atoms with E-state index >= 15 is 0 Å². The van der Waals surface area contributed by atoms with Gasteiger partial charge in [0.25, 0.3) is 5.91 Å². The van der Waals surface area contributed by atoms with Crippen LogP contribution in [-0.2, 0) is 19.6 Å². The molecule has 7 nitrogen and oxygen atoms in total. The zero-order chi connectivity index (χ0) is 16.0. The Labute approximate surface area is 130 Å². The van der Waals surface area contributed by atoms with Gasteiger partial charge in [0.1, 0.15) is 5.54 Å². The molecule has 1 heterocycles. The molecule has 0 radical (unpaired) electrons. The first-order valence-electron chi connectivity index (χ1n) is 8.00. The lowest BCUT2D eigenvalue weighted by Gasteiger charge is -2.21. The van der Waals surface area contributed by atoms with Gasteiger partial charge in [0.2, 0.25) is 15.9 Å². The predicted molar refractivity (Wildman–Crippen MR) is 80.4 cm³/mol. The minimum Gasteiger partial charge on any atom is -0.340 e. The van der Waals surface area contributed by atoms with Gasteiger partial charge in [0, 0.05) is 0 Å². The molecule has 1 saturated heterocycles. The standard InChI is InChI=1S/C14H23N3O4S/c1-2-9-8-14(9,16-12(18)11-4-3-7-15-11)13(19)17-22(20,21)10-5-6-10/h9-11,15H,2-8H2,1H3,(H,16,18)(H,17,19)/t9-,11+,14-/m1/s1. The number of sulfonamides is 1. The third kappa shape index (κ3) is 2.86. The van der Waals surface area contributed by atoms with E-state index in [-0.39, 0.29) is 17.9 Å². The molecule has 3 N–H and O–H groups in total. The third-order valence-corrected chi connectivity index (χ3v) is 6.74. The van der Waals surface area contributed by atoms with Crippen LogP contribution in [0, 0.1) is 5.92 Å². The van der Waals surface area contributed by atoms with Crippen molar-refractivity contribution in [1.29, 1.82) is 0 Å². The van der Waals surface area contributed by atoms with Crippen LogP contribution in [0.3, 0.4) is 0 Å². The maximum Gasteiger partial charge on any atom is 0.259 e. The van der Waals surface area contributed by atoms with Crippen LogP contribution < -0.4 is 15.4 Å². The highest BCUT2D eigenvalue weighted by Gasteiger charge is 2.61. The minimum atomic E-state index is -3.58. The Morgan fingerprint density at radius 3 is 2.50 bits per heavy atom. The van der Waals surface area contributed by atoms with Crippen LogP contribution >= 0.6 is 0 Å².